The lowest BCUT2D eigenvalue weighted by Gasteiger charge is -2.31. The molecule has 146 valence electrons. The quantitative estimate of drug-likeness (QED) is 0.732. The molecule has 1 amide bonds. The molecule has 2 aromatic carbocycles. The van der Waals surface area contributed by atoms with Gasteiger partial charge in [-0.3, -0.25) is 9.69 Å². The number of nitrogens with zero attached hydrogens (tertiary/aromatic N) is 3. The molecule has 0 bridgehead atoms. The van der Waals surface area contributed by atoms with Crippen molar-refractivity contribution in [2.45, 2.75) is 26.3 Å². The van der Waals surface area contributed by atoms with Crippen molar-refractivity contribution in [2.24, 2.45) is 5.92 Å². The number of likely N-dealkylation sites (tertiary alicyclic amines) is 1. The Morgan fingerprint density at radius 2 is 1.96 bits per heavy atom. The average Bonchev–Trinajstić information content (AvgIpc) is 2.99. The number of aromatic nitrogens is 2. The minimum Gasteiger partial charge on any atom is -0.328 e. The molecular formula is C22H25FN4O. The molecule has 1 aromatic heterocycles. The van der Waals surface area contributed by atoms with Crippen LogP contribution in [0.1, 0.15) is 18.7 Å². The van der Waals surface area contributed by atoms with Gasteiger partial charge in [-0.25, -0.2) is 9.37 Å². The lowest BCUT2D eigenvalue weighted by Crippen LogP contribution is -2.40. The second kappa shape index (κ2) is 8.10. The van der Waals surface area contributed by atoms with Crippen molar-refractivity contribution in [1.82, 2.24) is 14.5 Å². The van der Waals surface area contributed by atoms with Crippen LogP contribution in [-0.4, -0.2) is 40.0 Å². The number of benzene rings is 2. The standard InChI is InChI=1S/C22H25FN4O/c1-16-24-20-7-2-3-8-21(20)27(16)14-17-9-11-26(12-10-17)15-22(28)25-19-6-4-5-18(23)13-19/h2-8,13,17H,9-12,14-15H2,1H3,(H,25,28). The van der Waals surface area contributed by atoms with Crippen LogP contribution in [0, 0.1) is 18.7 Å². The van der Waals surface area contributed by atoms with Gasteiger partial charge in [-0.2, -0.15) is 0 Å². The number of fused-ring (bicyclic) bond motifs is 1. The first-order valence-electron chi connectivity index (χ1n) is 9.78. The lowest BCUT2D eigenvalue weighted by atomic mass is 9.96. The predicted molar refractivity (Wildman–Crippen MR) is 109 cm³/mol. The summed E-state index contributed by atoms with van der Waals surface area (Å²) in [5.74, 6) is 1.19. The van der Waals surface area contributed by atoms with Crippen LogP contribution in [0.4, 0.5) is 10.1 Å². The summed E-state index contributed by atoms with van der Waals surface area (Å²) in [5, 5.41) is 2.77. The maximum Gasteiger partial charge on any atom is 0.238 e. The zero-order valence-electron chi connectivity index (χ0n) is 16.1. The molecule has 6 heteroatoms. The largest absolute Gasteiger partial charge is 0.328 e. The van der Waals surface area contributed by atoms with E-state index in [9.17, 15) is 9.18 Å². The third kappa shape index (κ3) is 4.22. The lowest BCUT2D eigenvalue weighted by molar-refractivity contribution is -0.117. The summed E-state index contributed by atoms with van der Waals surface area (Å²) in [4.78, 5) is 19.1. The molecule has 1 aliphatic heterocycles. The van der Waals surface area contributed by atoms with Gasteiger partial charge in [0.1, 0.15) is 11.6 Å². The van der Waals surface area contributed by atoms with Crippen LogP contribution >= 0.6 is 0 Å². The van der Waals surface area contributed by atoms with E-state index in [0.29, 0.717) is 18.2 Å². The summed E-state index contributed by atoms with van der Waals surface area (Å²) in [7, 11) is 0. The van der Waals surface area contributed by atoms with Gasteiger partial charge in [0, 0.05) is 12.2 Å². The molecule has 0 spiro atoms. The molecule has 0 aliphatic carbocycles. The van der Waals surface area contributed by atoms with Crippen LogP contribution in [0.2, 0.25) is 0 Å². The summed E-state index contributed by atoms with van der Waals surface area (Å²) in [5.41, 5.74) is 2.74. The van der Waals surface area contributed by atoms with E-state index < -0.39 is 0 Å². The molecule has 0 unspecified atom stereocenters. The first-order chi connectivity index (χ1) is 13.6. The van der Waals surface area contributed by atoms with E-state index >= 15 is 0 Å². The molecule has 1 N–H and O–H groups in total. The van der Waals surface area contributed by atoms with Gasteiger partial charge in [0.05, 0.1) is 17.6 Å². The Kier molecular flexibility index (Phi) is 5.39. The number of nitrogens with one attached hydrogen (secondary N) is 1. The number of amides is 1. The van der Waals surface area contributed by atoms with Gasteiger partial charge in [0.2, 0.25) is 5.91 Å². The van der Waals surface area contributed by atoms with Gasteiger partial charge < -0.3 is 9.88 Å². The second-order valence-corrected chi connectivity index (χ2v) is 7.54. The maximum atomic E-state index is 13.2. The van der Waals surface area contributed by atoms with Crippen molar-refractivity contribution in [3.05, 3.63) is 60.2 Å². The van der Waals surface area contributed by atoms with Gasteiger partial charge in [0.15, 0.2) is 0 Å². The second-order valence-electron chi connectivity index (χ2n) is 7.54. The van der Waals surface area contributed by atoms with Crippen LogP contribution in [-0.2, 0) is 11.3 Å². The van der Waals surface area contributed by atoms with Crippen LogP contribution in [0.15, 0.2) is 48.5 Å². The zero-order chi connectivity index (χ0) is 19.5. The zero-order valence-corrected chi connectivity index (χ0v) is 16.1. The molecule has 1 aliphatic rings. The highest BCUT2D eigenvalue weighted by molar-refractivity contribution is 5.92. The van der Waals surface area contributed by atoms with Crippen LogP contribution in [0.25, 0.3) is 11.0 Å². The first-order valence-corrected chi connectivity index (χ1v) is 9.78. The molecular weight excluding hydrogens is 355 g/mol. The fourth-order valence-electron chi connectivity index (χ4n) is 3.98. The maximum absolute atomic E-state index is 13.2. The third-order valence-corrected chi connectivity index (χ3v) is 5.47. The Morgan fingerprint density at radius 3 is 2.75 bits per heavy atom. The van der Waals surface area contributed by atoms with Crippen molar-refractivity contribution in [3.63, 3.8) is 0 Å². The van der Waals surface area contributed by atoms with Crippen molar-refractivity contribution in [3.8, 4) is 0 Å². The normalized spacial score (nSPS) is 15.8. The summed E-state index contributed by atoms with van der Waals surface area (Å²) in [6.07, 6.45) is 2.11. The third-order valence-electron chi connectivity index (χ3n) is 5.47. The fourth-order valence-corrected chi connectivity index (χ4v) is 3.98. The molecule has 0 saturated carbocycles. The number of hydrogen-bond donors (Lipinski definition) is 1. The Morgan fingerprint density at radius 1 is 1.18 bits per heavy atom. The first kappa shape index (κ1) is 18.6. The van der Waals surface area contributed by atoms with Gasteiger partial charge in [-0.05, 0) is 69.1 Å². The summed E-state index contributed by atoms with van der Waals surface area (Å²) in [6, 6.07) is 14.3. The fraction of sp³-hybridized carbons (Fsp3) is 0.364. The molecule has 1 saturated heterocycles. The molecule has 0 atom stereocenters. The monoisotopic (exact) mass is 380 g/mol. The van der Waals surface area contributed by atoms with E-state index in [1.807, 2.05) is 6.07 Å². The number of halogens is 1. The van der Waals surface area contributed by atoms with E-state index in [-0.39, 0.29) is 11.7 Å². The number of anilines is 1. The Bertz CT molecular complexity index is 976. The van der Waals surface area contributed by atoms with Gasteiger partial charge in [0.25, 0.3) is 0 Å². The highest BCUT2D eigenvalue weighted by atomic mass is 19.1. The molecule has 3 aromatic rings. The minimum atomic E-state index is -0.346. The van der Waals surface area contributed by atoms with Crippen LogP contribution in [0.5, 0.6) is 0 Å². The average molecular weight is 380 g/mol. The van der Waals surface area contributed by atoms with Crippen LogP contribution < -0.4 is 5.32 Å². The smallest absolute Gasteiger partial charge is 0.238 e. The SMILES string of the molecule is Cc1nc2ccccc2n1CC1CCN(CC(=O)Nc2cccc(F)c2)CC1. The number of piperidine rings is 1. The molecule has 4 rings (SSSR count). The van der Waals surface area contributed by atoms with E-state index in [0.717, 1.165) is 43.8 Å². The molecule has 0 radical (unpaired) electrons. The number of carbonyl (C=O) groups is 1. The van der Waals surface area contributed by atoms with Crippen molar-refractivity contribution in [1.29, 1.82) is 0 Å². The van der Waals surface area contributed by atoms with Gasteiger partial charge in [-0.1, -0.05) is 18.2 Å². The van der Waals surface area contributed by atoms with Gasteiger partial charge >= 0.3 is 0 Å². The molecule has 2 heterocycles. The Balaban J connectivity index is 1.29. The molecule has 5 nitrogen and oxygen atoms in total. The Labute approximate surface area is 164 Å². The van der Waals surface area contributed by atoms with Crippen LogP contribution in [0.3, 0.4) is 0 Å². The van der Waals surface area contributed by atoms with E-state index in [2.05, 4.69) is 44.9 Å². The summed E-state index contributed by atoms with van der Waals surface area (Å²) in [6.45, 7) is 5.16. The number of imidazole rings is 1. The highest BCUT2D eigenvalue weighted by Gasteiger charge is 2.22. The number of hydrogen-bond acceptors (Lipinski definition) is 3. The predicted octanol–water partition coefficient (Wildman–Crippen LogP) is 3.83. The number of para-hydroxylation sites is 2. The minimum absolute atomic E-state index is 0.0968. The highest BCUT2D eigenvalue weighted by Crippen LogP contribution is 2.23. The van der Waals surface area contributed by atoms with Crippen molar-refractivity contribution in [2.75, 3.05) is 25.0 Å². The number of aryl methyl sites for hydroxylation is 1. The molecule has 28 heavy (non-hydrogen) atoms. The van der Waals surface area contributed by atoms with Crippen molar-refractivity contribution >= 4 is 22.6 Å². The topological polar surface area (TPSA) is 50.2 Å². The molecule has 1 fully saturated rings. The summed E-state index contributed by atoms with van der Waals surface area (Å²) < 4.78 is 15.5. The van der Waals surface area contributed by atoms with E-state index in [1.165, 1.54) is 17.6 Å². The number of carbonyl (C=O) groups excluding carboxylic acids is 1. The number of rotatable bonds is 5. The Hall–Kier alpha value is -2.73. The summed E-state index contributed by atoms with van der Waals surface area (Å²) >= 11 is 0. The van der Waals surface area contributed by atoms with E-state index in [4.69, 9.17) is 0 Å². The van der Waals surface area contributed by atoms with Crippen molar-refractivity contribution < 1.29 is 9.18 Å². The van der Waals surface area contributed by atoms with E-state index in [1.54, 1.807) is 12.1 Å². The van der Waals surface area contributed by atoms with Gasteiger partial charge in [-0.15, -0.1) is 0 Å².